The Hall–Kier alpha value is -1.12. The largest absolute Gasteiger partial charge is 0.330 e. The third-order valence-electron chi connectivity index (χ3n) is 3.89. The summed E-state index contributed by atoms with van der Waals surface area (Å²) in [5.74, 6) is 0. The zero-order valence-corrected chi connectivity index (χ0v) is 12.9. The van der Waals surface area contributed by atoms with Gasteiger partial charge in [-0.25, -0.2) is 0 Å². The van der Waals surface area contributed by atoms with Crippen molar-refractivity contribution >= 4 is 15.9 Å². The highest BCUT2D eigenvalue weighted by Gasteiger charge is 2.28. The normalized spacial score (nSPS) is 14.1. The molecule has 19 heavy (non-hydrogen) atoms. The van der Waals surface area contributed by atoms with Gasteiger partial charge in [-0.2, -0.15) is 0 Å². The molecule has 2 heteroatoms. The standard InChI is InChI=1S/C17H20BrN/c1-2-17(13-19,15-8-4-3-5-9-15)12-14-7-6-10-16(18)11-14/h3-11H,2,12-13,19H2,1H3. The lowest BCUT2D eigenvalue weighted by atomic mass is 9.73. The van der Waals surface area contributed by atoms with Crippen molar-refractivity contribution in [3.8, 4) is 0 Å². The molecule has 100 valence electrons. The summed E-state index contributed by atoms with van der Waals surface area (Å²) in [7, 11) is 0. The second-order valence-electron chi connectivity index (χ2n) is 5.01. The second kappa shape index (κ2) is 6.36. The van der Waals surface area contributed by atoms with Crippen LogP contribution in [0.25, 0.3) is 0 Å². The molecule has 1 unspecified atom stereocenters. The SMILES string of the molecule is CCC(CN)(Cc1cccc(Br)c1)c1ccccc1. The molecule has 0 aromatic heterocycles. The lowest BCUT2D eigenvalue weighted by Crippen LogP contribution is -2.36. The van der Waals surface area contributed by atoms with Gasteiger partial charge in [-0.15, -0.1) is 0 Å². The molecule has 0 heterocycles. The van der Waals surface area contributed by atoms with Gasteiger partial charge >= 0.3 is 0 Å². The summed E-state index contributed by atoms with van der Waals surface area (Å²) < 4.78 is 1.13. The average molecular weight is 318 g/mol. The van der Waals surface area contributed by atoms with Gasteiger partial charge < -0.3 is 5.73 Å². The number of hydrogen-bond acceptors (Lipinski definition) is 1. The van der Waals surface area contributed by atoms with Crippen molar-refractivity contribution in [2.45, 2.75) is 25.2 Å². The number of nitrogens with two attached hydrogens (primary N) is 1. The summed E-state index contributed by atoms with van der Waals surface area (Å²) in [6.45, 7) is 2.89. The molecule has 0 aliphatic heterocycles. The monoisotopic (exact) mass is 317 g/mol. The molecule has 0 bridgehead atoms. The Balaban J connectivity index is 2.35. The van der Waals surface area contributed by atoms with E-state index < -0.39 is 0 Å². The second-order valence-corrected chi connectivity index (χ2v) is 5.93. The van der Waals surface area contributed by atoms with Gasteiger partial charge in [0.25, 0.3) is 0 Å². The molecule has 0 aliphatic carbocycles. The van der Waals surface area contributed by atoms with E-state index in [0.29, 0.717) is 6.54 Å². The van der Waals surface area contributed by atoms with Crippen molar-refractivity contribution in [2.24, 2.45) is 5.73 Å². The molecule has 2 aromatic rings. The summed E-state index contributed by atoms with van der Waals surface area (Å²) in [6.07, 6.45) is 2.02. The number of benzene rings is 2. The van der Waals surface area contributed by atoms with Crippen LogP contribution in [0.5, 0.6) is 0 Å². The van der Waals surface area contributed by atoms with Gasteiger partial charge in [0.1, 0.15) is 0 Å². The van der Waals surface area contributed by atoms with Crippen LogP contribution in [0.1, 0.15) is 24.5 Å². The highest BCUT2D eigenvalue weighted by Crippen LogP contribution is 2.31. The van der Waals surface area contributed by atoms with E-state index in [0.717, 1.165) is 17.3 Å². The first kappa shape index (κ1) is 14.3. The predicted molar refractivity (Wildman–Crippen MR) is 85.3 cm³/mol. The van der Waals surface area contributed by atoms with Crippen LogP contribution < -0.4 is 5.73 Å². The Morgan fingerprint density at radius 1 is 1.05 bits per heavy atom. The van der Waals surface area contributed by atoms with Gasteiger partial charge in [0.15, 0.2) is 0 Å². The molecular weight excluding hydrogens is 298 g/mol. The first-order chi connectivity index (χ1) is 9.20. The Morgan fingerprint density at radius 2 is 1.79 bits per heavy atom. The number of rotatable bonds is 5. The van der Waals surface area contributed by atoms with Crippen LogP contribution in [0.3, 0.4) is 0 Å². The minimum Gasteiger partial charge on any atom is -0.330 e. The Labute approximate surface area is 124 Å². The van der Waals surface area contributed by atoms with Gasteiger partial charge in [-0.3, -0.25) is 0 Å². The van der Waals surface area contributed by atoms with E-state index in [2.05, 4.69) is 77.5 Å². The van der Waals surface area contributed by atoms with Crippen LogP contribution in [0.15, 0.2) is 59.1 Å². The maximum absolute atomic E-state index is 6.12. The molecule has 0 fully saturated rings. The van der Waals surface area contributed by atoms with Crippen LogP contribution >= 0.6 is 15.9 Å². The van der Waals surface area contributed by atoms with Gasteiger partial charge in [-0.05, 0) is 36.1 Å². The van der Waals surface area contributed by atoms with E-state index in [1.165, 1.54) is 11.1 Å². The maximum Gasteiger partial charge on any atom is 0.0178 e. The highest BCUT2D eigenvalue weighted by molar-refractivity contribution is 9.10. The molecule has 1 nitrogen and oxygen atoms in total. The lowest BCUT2D eigenvalue weighted by molar-refractivity contribution is 0.418. The maximum atomic E-state index is 6.12. The fourth-order valence-corrected chi connectivity index (χ4v) is 3.04. The molecule has 0 radical (unpaired) electrons. The molecule has 0 saturated carbocycles. The van der Waals surface area contributed by atoms with E-state index in [-0.39, 0.29) is 5.41 Å². The molecule has 0 aliphatic rings. The quantitative estimate of drug-likeness (QED) is 0.874. The molecule has 2 rings (SSSR count). The highest BCUT2D eigenvalue weighted by atomic mass is 79.9. The first-order valence-electron chi connectivity index (χ1n) is 6.70. The molecule has 1 atom stereocenters. The molecule has 2 N–H and O–H groups in total. The topological polar surface area (TPSA) is 26.0 Å². The first-order valence-corrected chi connectivity index (χ1v) is 7.49. The van der Waals surface area contributed by atoms with E-state index in [1.54, 1.807) is 0 Å². The molecule has 0 saturated heterocycles. The molecule has 0 amide bonds. The molecule has 2 aromatic carbocycles. The van der Waals surface area contributed by atoms with Crippen molar-refractivity contribution < 1.29 is 0 Å². The van der Waals surface area contributed by atoms with Crippen molar-refractivity contribution in [2.75, 3.05) is 6.54 Å². The Morgan fingerprint density at radius 3 is 2.37 bits per heavy atom. The van der Waals surface area contributed by atoms with Crippen LogP contribution in [-0.4, -0.2) is 6.54 Å². The van der Waals surface area contributed by atoms with Crippen molar-refractivity contribution in [3.63, 3.8) is 0 Å². The average Bonchev–Trinajstić information content (AvgIpc) is 2.46. The number of hydrogen-bond donors (Lipinski definition) is 1. The summed E-state index contributed by atoms with van der Waals surface area (Å²) in [5.41, 5.74) is 8.81. The Bertz CT molecular complexity index is 518. The van der Waals surface area contributed by atoms with Gasteiger partial charge in [0.2, 0.25) is 0 Å². The zero-order valence-electron chi connectivity index (χ0n) is 11.3. The third-order valence-corrected chi connectivity index (χ3v) is 4.38. The molecular formula is C17H20BrN. The number of halogens is 1. The lowest BCUT2D eigenvalue weighted by Gasteiger charge is -2.32. The fourth-order valence-electron chi connectivity index (χ4n) is 2.59. The van der Waals surface area contributed by atoms with Gasteiger partial charge in [0, 0.05) is 16.4 Å². The van der Waals surface area contributed by atoms with Crippen LogP contribution in [-0.2, 0) is 11.8 Å². The van der Waals surface area contributed by atoms with E-state index in [1.807, 2.05) is 0 Å². The smallest absolute Gasteiger partial charge is 0.0178 e. The zero-order chi connectivity index (χ0) is 13.7. The summed E-state index contributed by atoms with van der Waals surface area (Å²) in [6, 6.07) is 19.1. The summed E-state index contributed by atoms with van der Waals surface area (Å²) in [5, 5.41) is 0. The van der Waals surface area contributed by atoms with Crippen molar-refractivity contribution in [1.29, 1.82) is 0 Å². The predicted octanol–water partition coefficient (Wildman–Crippen LogP) is 4.30. The fraction of sp³-hybridized carbons (Fsp3) is 0.294. The van der Waals surface area contributed by atoms with Gasteiger partial charge in [-0.1, -0.05) is 65.3 Å². The van der Waals surface area contributed by atoms with Crippen molar-refractivity contribution in [3.05, 3.63) is 70.2 Å². The minimum atomic E-state index is 0.0298. The van der Waals surface area contributed by atoms with E-state index in [4.69, 9.17) is 5.73 Å². The molecule has 0 spiro atoms. The summed E-state index contributed by atoms with van der Waals surface area (Å²) in [4.78, 5) is 0. The van der Waals surface area contributed by atoms with Crippen LogP contribution in [0.2, 0.25) is 0 Å². The van der Waals surface area contributed by atoms with E-state index in [9.17, 15) is 0 Å². The van der Waals surface area contributed by atoms with Gasteiger partial charge in [0.05, 0.1) is 0 Å². The van der Waals surface area contributed by atoms with Crippen LogP contribution in [0.4, 0.5) is 0 Å². The summed E-state index contributed by atoms with van der Waals surface area (Å²) >= 11 is 3.54. The van der Waals surface area contributed by atoms with E-state index >= 15 is 0 Å². The Kier molecular flexibility index (Phi) is 4.78. The minimum absolute atomic E-state index is 0.0298. The van der Waals surface area contributed by atoms with Crippen molar-refractivity contribution in [1.82, 2.24) is 0 Å². The van der Waals surface area contributed by atoms with Crippen LogP contribution in [0, 0.1) is 0 Å². The third kappa shape index (κ3) is 3.26.